The minimum atomic E-state index is -0.164. The van der Waals surface area contributed by atoms with E-state index in [-0.39, 0.29) is 5.82 Å². The van der Waals surface area contributed by atoms with Crippen molar-refractivity contribution < 1.29 is 4.39 Å². The highest BCUT2D eigenvalue weighted by Gasteiger charge is 2.17. The normalized spacial score (nSPS) is 16.5. The first-order valence-corrected chi connectivity index (χ1v) is 8.95. The van der Waals surface area contributed by atoms with Crippen LogP contribution in [0.2, 0.25) is 0 Å². The quantitative estimate of drug-likeness (QED) is 0.481. The lowest BCUT2D eigenvalue weighted by atomic mass is 10.1. The standard InChI is InChI=1S/C17H18BrFS/c18-15(10-12-6-8-14(19)9-7-12)17-11-13-4-2-1-3-5-16(13)20-17/h6-9,11,15H,1-5,10H2. The van der Waals surface area contributed by atoms with Crippen molar-refractivity contribution in [1.29, 1.82) is 0 Å². The van der Waals surface area contributed by atoms with Gasteiger partial charge in [0.25, 0.3) is 0 Å². The summed E-state index contributed by atoms with van der Waals surface area (Å²) in [5.74, 6) is -0.164. The Bertz CT molecular complexity index is 550. The van der Waals surface area contributed by atoms with Gasteiger partial charge in [-0.3, -0.25) is 0 Å². The third-order valence-corrected chi connectivity index (χ3v) is 6.37. The molecule has 3 heteroatoms. The van der Waals surface area contributed by atoms with Crippen molar-refractivity contribution in [3.8, 4) is 0 Å². The molecule has 0 N–H and O–H groups in total. The van der Waals surface area contributed by atoms with Crippen molar-refractivity contribution in [2.45, 2.75) is 43.4 Å². The Kier molecular flexibility index (Phi) is 4.57. The van der Waals surface area contributed by atoms with Gasteiger partial charge in [-0.05, 0) is 61.4 Å². The molecule has 1 aromatic carbocycles. The van der Waals surface area contributed by atoms with E-state index >= 15 is 0 Å². The lowest BCUT2D eigenvalue weighted by Gasteiger charge is -2.07. The summed E-state index contributed by atoms with van der Waals surface area (Å²) in [4.78, 5) is 3.34. The van der Waals surface area contributed by atoms with Gasteiger partial charge in [0.1, 0.15) is 5.82 Å². The highest BCUT2D eigenvalue weighted by atomic mass is 79.9. The largest absolute Gasteiger partial charge is 0.207 e. The van der Waals surface area contributed by atoms with Crippen LogP contribution in [0.4, 0.5) is 4.39 Å². The number of aryl methyl sites for hydroxylation is 2. The Morgan fingerprint density at radius 2 is 1.85 bits per heavy atom. The van der Waals surface area contributed by atoms with E-state index in [4.69, 9.17) is 0 Å². The first-order chi connectivity index (χ1) is 9.72. The molecule has 0 spiro atoms. The molecule has 0 saturated carbocycles. The van der Waals surface area contributed by atoms with Gasteiger partial charge in [0, 0.05) is 9.75 Å². The SMILES string of the molecule is Fc1ccc(CC(Br)c2cc3c(s2)CCCCC3)cc1. The predicted octanol–water partition coefficient (Wildman–Crippen LogP) is 5.83. The summed E-state index contributed by atoms with van der Waals surface area (Å²) in [7, 11) is 0. The van der Waals surface area contributed by atoms with E-state index in [1.165, 1.54) is 42.5 Å². The second-order valence-electron chi connectivity index (χ2n) is 5.46. The summed E-state index contributed by atoms with van der Waals surface area (Å²) in [5.41, 5.74) is 2.74. The number of thiophene rings is 1. The molecule has 0 radical (unpaired) electrons. The molecular formula is C17H18BrFS. The summed E-state index contributed by atoms with van der Waals surface area (Å²) < 4.78 is 12.9. The second-order valence-corrected chi connectivity index (χ2v) is 7.73. The molecule has 20 heavy (non-hydrogen) atoms. The second kappa shape index (κ2) is 6.40. The number of halogens is 2. The molecule has 0 fully saturated rings. The summed E-state index contributed by atoms with van der Waals surface area (Å²) in [6.45, 7) is 0. The summed E-state index contributed by atoms with van der Waals surface area (Å²) in [5, 5.41) is 0. The summed E-state index contributed by atoms with van der Waals surface area (Å²) in [6, 6.07) is 9.22. The van der Waals surface area contributed by atoms with Crippen LogP contribution in [-0.4, -0.2) is 0 Å². The van der Waals surface area contributed by atoms with E-state index in [1.54, 1.807) is 22.6 Å². The van der Waals surface area contributed by atoms with Crippen LogP contribution < -0.4 is 0 Å². The van der Waals surface area contributed by atoms with Crippen LogP contribution in [0.25, 0.3) is 0 Å². The van der Waals surface area contributed by atoms with Crippen LogP contribution in [0.15, 0.2) is 30.3 Å². The van der Waals surface area contributed by atoms with Crippen molar-refractivity contribution in [3.05, 3.63) is 57.0 Å². The topological polar surface area (TPSA) is 0 Å². The number of fused-ring (bicyclic) bond motifs is 1. The van der Waals surface area contributed by atoms with Gasteiger partial charge >= 0.3 is 0 Å². The van der Waals surface area contributed by atoms with E-state index in [1.807, 2.05) is 23.5 Å². The highest BCUT2D eigenvalue weighted by Crippen LogP contribution is 2.37. The van der Waals surface area contributed by atoms with Gasteiger partial charge in [-0.1, -0.05) is 34.5 Å². The van der Waals surface area contributed by atoms with Crippen LogP contribution >= 0.6 is 27.3 Å². The van der Waals surface area contributed by atoms with E-state index in [0.717, 1.165) is 6.42 Å². The number of rotatable bonds is 3. The van der Waals surface area contributed by atoms with Crippen molar-refractivity contribution in [2.75, 3.05) is 0 Å². The molecule has 1 aliphatic carbocycles. The minimum Gasteiger partial charge on any atom is -0.207 e. The average Bonchev–Trinajstić information content (AvgIpc) is 2.73. The molecule has 1 atom stereocenters. The predicted molar refractivity (Wildman–Crippen MR) is 87.4 cm³/mol. The molecule has 3 rings (SSSR count). The molecule has 106 valence electrons. The molecule has 0 nitrogen and oxygen atoms in total. The maximum Gasteiger partial charge on any atom is 0.123 e. The molecule has 1 heterocycles. The number of alkyl halides is 1. The van der Waals surface area contributed by atoms with Crippen LogP contribution in [0.5, 0.6) is 0 Å². The highest BCUT2D eigenvalue weighted by molar-refractivity contribution is 9.09. The van der Waals surface area contributed by atoms with Crippen LogP contribution in [0.3, 0.4) is 0 Å². The van der Waals surface area contributed by atoms with Gasteiger partial charge in [0.15, 0.2) is 0 Å². The lowest BCUT2D eigenvalue weighted by molar-refractivity contribution is 0.627. The Morgan fingerprint density at radius 3 is 2.65 bits per heavy atom. The molecule has 0 bridgehead atoms. The van der Waals surface area contributed by atoms with Gasteiger partial charge < -0.3 is 0 Å². The van der Waals surface area contributed by atoms with E-state index in [2.05, 4.69) is 22.0 Å². The summed E-state index contributed by atoms with van der Waals surface area (Å²) in [6.07, 6.45) is 7.42. The Balaban J connectivity index is 1.73. The van der Waals surface area contributed by atoms with Gasteiger partial charge in [-0.2, -0.15) is 0 Å². The summed E-state index contributed by atoms with van der Waals surface area (Å²) >= 11 is 5.76. The lowest BCUT2D eigenvalue weighted by Crippen LogP contribution is -1.93. The zero-order valence-electron chi connectivity index (χ0n) is 11.4. The molecule has 0 aliphatic heterocycles. The van der Waals surface area contributed by atoms with Crippen molar-refractivity contribution in [1.82, 2.24) is 0 Å². The van der Waals surface area contributed by atoms with Gasteiger partial charge in [-0.15, -0.1) is 11.3 Å². The molecule has 0 amide bonds. The fourth-order valence-electron chi connectivity index (χ4n) is 2.77. The van der Waals surface area contributed by atoms with E-state index in [0.29, 0.717) is 4.83 Å². The average molecular weight is 353 g/mol. The first kappa shape index (κ1) is 14.3. The third kappa shape index (κ3) is 3.32. The Labute approximate surface area is 132 Å². The van der Waals surface area contributed by atoms with Crippen LogP contribution in [0, 0.1) is 5.82 Å². The molecule has 1 aliphatic rings. The smallest absolute Gasteiger partial charge is 0.123 e. The van der Waals surface area contributed by atoms with E-state index < -0.39 is 0 Å². The van der Waals surface area contributed by atoms with E-state index in [9.17, 15) is 4.39 Å². The van der Waals surface area contributed by atoms with Crippen LogP contribution in [0.1, 0.15) is 45.0 Å². The van der Waals surface area contributed by atoms with Gasteiger partial charge in [0.05, 0.1) is 4.83 Å². The monoisotopic (exact) mass is 352 g/mol. The maximum absolute atomic E-state index is 12.9. The third-order valence-electron chi connectivity index (χ3n) is 3.90. The van der Waals surface area contributed by atoms with Gasteiger partial charge in [0.2, 0.25) is 0 Å². The molecule has 0 saturated heterocycles. The van der Waals surface area contributed by atoms with Crippen molar-refractivity contribution in [3.63, 3.8) is 0 Å². The molecular weight excluding hydrogens is 335 g/mol. The number of hydrogen-bond acceptors (Lipinski definition) is 1. The maximum atomic E-state index is 12.9. The van der Waals surface area contributed by atoms with Gasteiger partial charge in [-0.25, -0.2) is 4.39 Å². The fourth-order valence-corrected chi connectivity index (χ4v) is 4.79. The molecule has 1 unspecified atom stereocenters. The molecule has 2 aromatic rings. The first-order valence-electron chi connectivity index (χ1n) is 7.22. The number of hydrogen-bond donors (Lipinski definition) is 0. The Hall–Kier alpha value is -0.670. The fraction of sp³-hybridized carbons (Fsp3) is 0.412. The number of benzene rings is 1. The zero-order chi connectivity index (χ0) is 13.9. The van der Waals surface area contributed by atoms with Crippen molar-refractivity contribution in [2.24, 2.45) is 0 Å². The zero-order valence-corrected chi connectivity index (χ0v) is 13.8. The van der Waals surface area contributed by atoms with Crippen LogP contribution in [-0.2, 0) is 19.3 Å². The molecule has 1 aromatic heterocycles. The Morgan fingerprint density at radius 1 is 1.10 bits per heavy atom. The van der Waals surface area contributed by atoms with Crippen molar-refractivity contribution >= 4 is 27.3 Å². The minimum absolute atomic E-state index is 0.164.